The van der Waals surface area contributed by atoms with E-state index >= 15 is 0 Å². The summed E-state index contributed by atoms with van der Waals surface area (Å²) in [5, 5.41) is 8.92. The van der Waals surface area contributed by atoms with Gasteiger partial charge >= 0.3 is 0 Å². The first-order chi connectivity index (χ1) is 11.2. The van der Waals surface area contributed by atoms with E-state index in [1.807, 2.05) is 0 Å². The lowest BCUT2D eigenvalue weighted by molar-refractivity contribution is 0.194. The molecule has 0 unspecified atom stereocenters. The standard InChI is InChI=1S/C19H26N4/c1-14-7-8-16(15(2)11-14)12-22-9-3-5-17(13-22)19-21-20-18-6-4-10-23(18)19/h7-8,11,17H,3-6,9-10,12-13H2,1-2H3/t17-/m1/s1. The van der Waals surface area contributed by atoms with Crippen LogP contribution in [0.5, 0.6) is 0 Å². The van der Waals surface area contributed by atoms with Gasteiger partial charge in [-0.1, -0.05) is 23.8 Å². The summed E-state index contributed by atoms with van der Waals surface area (Å²) in [7, 11) is 0. The zero-order chi connectivity index (χ0) is 15.8. The van der Waals surface area contributed by atoms with Gasteiger partial charge in [-0.3, -0.25) is 4.90 Å². The maximum absolute atomic E-state index is 4.52. The van der Waals surface area contributed by atoms with E-state index in [2.05, 4.69) is 51.7 Å². The summed E-state index contributed by atoms with van der Waals surface area (Å²) >= 11 is 0. The maximum Gasteiger partial charge on any atom is 0.137 e. The monoisotopic (exact) mass is 310 g/mol. The number of likely N-dealkylation sites (tertiary alicyclic amines) is 1. The van der Waals surface area contributed by atoms with Crippen molar-refractivity contribution in [3.63, 3.8) is 0 Å². The van der Waals surface area contributed by atoms with Gasteiger partial charge in [-0.05, 0) is 50.8 Å². The van der Waals surface area contributed by atoms with Crippen LogP contribution in [0.15, 0.2) is 18.2 Å². The number of hydrogen-bond acceptors (Lipinski definition) is 3. The van der Waals surface area contributed by atoms with E-state index in [0.29, 0.717) is 5.92 Å². The Morgan fingerprint density at radius 2 is 2.04 bits per heavy atom. The van der Waals surface area contributed by atoms with E-state index < -0.39 is 0 Å². The molecule has 1 saturated heterocycles. The van der Waals surface area contributed by atoms with Crippen molar-refractivity contribution in [1.82, 2.24) is 19.7 Å². The summed E-state index contributed by atoms with van der Waals surface area (Å²) in [4.78, 5) is 2.60. The van der Waals surface area contributed by atoms with E-state index in [4.69, 9.17) is 0 Å². The van der Waals surface area contributed by atoms with Crippen molar-refractivity contribution in [1.29, 1.82) is 0 Å². The number of benzene rings is 1. The van der Waals surface area contributed by atoms with Gasteiger partial charge in [-0.25, -0.2) is 0 Å². The zero-order valence-electron chi connectivity index (χ0n) is 14.3. The van der Waals surface area contributed by atoms with Crippen molar-refractivity contribution in [2.24, 2.45) is 0 Å². The van der Waals surface area contributed by atoms with Gasteiger partial charge in [-0.2, -0.15) is 0 Å². The van der Waals surface area contributed by atoms with E-state index in [1.54, 1.807) is 0 Å². The maximum atomic E-state index is 4.52. The number of hydrogen-bond donors (Lipinski definition) is 0. The van der Waals surface area contributed by atoms with E-state index in [-0.39, 0.29) is 0 Å². The molecule has 4 rings (SSSR count). The predicted molar refractivity (Wildman–Crippen MR) is 91.5 cm³/mol. The largest absolute Gasteiger partial charge is 0.315 e. The minimum absolute atomic E-state index is 0.550. The zero-order valence-corrected chi connectivity index (χ0v) is 14.3. The molecule has 23 heavy (non-hydrogen) atoms. The van der Waals surface area contributed by atoms with Crippen LogP contribution in [0.3, 0.4) is 0 Å². The molecule has 0 radical (unpaired) electrons. The first-order valence-corrected chi connectivity index (χ1v) is 8.91. The lowest BCUT2D eigenvalue weighted by Gasteiger charge is -2.32. The van der Waals surface area contributed by atoms with Crippen molar-refractivity contribution in [2.75, 3.05) is 13.1 Å². The van der Waals surface area contributed by atoms with Gasteiger partial charge in [0.05, 0.1) is 0 Å². The van der Waals surface area contributed by atoms with Crippen LogP contribution in [0.2, 0.25) is 0 Å². The first kappa shape index (κ1) is 14.9. The Labute approximate surface area is 138 Å². The minimum atomic E-state index is 0.550. The van der Waals surface area contributed by atoms with Crippen LogP contribution in [0, 0.1) is 13.8 Å². The molecule has 2 aromatic rings. The molecule has 0 bridgehead atoms. The normalized spacial score (nSPS) is 21.6. The second-order valence-electron chi connectivity index (χ2n) is 7.23. The molecule has 1 aromatic carbocycles. The van der Waals surface area contributed by atoms with Gasteiger partial charge in [0.1, 0.15) is 11.6 Å². The highest BCUT2D eigenvalue weighted by Crippen LogP contribution is 2.29. The topological polar surface area (TPSA) is 34.0 Å². The molecule has 0 aliphatic carbocycles. The van der Waals surface area contributed by atoms with Crippen LogP contribution in [0.4, 0.5) is 0 Å². The van der Waals surface area contributed by atoms with E-state index in [0.717, 1.165) is 26.1 Å². The molecule has 0 amide bonds. The third-order valence-electron chi connectivity index (χ3n) is 5.40. The van der Waals surface area contributed by atoms with Gasteiger partial charge in [0.15, 0.2) is 0 Å². The molecule has 0 saturated carbocycles. The Kier molecular flexibility index (Phi) is 3.93. The van der Waals surface area contributed by atoms with Gasteiger partial charge in [0.25, 0.3) is 0 Å². The number of piperidine rings is 1. The minimum Gasteiger partial charge on any atom is -0.315 e. The predicted octanol–water partition coefficient (Wildman–Crippen LogP) is 3.22. The van der Waals surface area contributed by atoms with Crippen LogP contribution in [0.1, 0.15) is 53.5 Å². The van der Waals surface area contributed by atoms with Gasteiger partial charge in [0.2, 0.25) is 0 Å². The molecular formula is C19H26N4. The number of fused-ring (bicyclic) bond motifs is 1. The Bertz CT molecular complexity index is 703. The molecule has 1 fully saturated rings. The van der Waals surface area contributed by atoms with Crippen LogP contribution in [0.25, 0.3) is 0 Å². The summed E-state index contributed by atoms with van der Waals surface area (Å²) in [5.74, 6) is 2.99. The average Bonchev–Trinajstić information content (AvgIpc) is 3.13. The Morgan fingerprint density at radius 1 is 1.13 bits per heavy atom. The molecular weight excluding hydrogens is 284 g/mol. The fourth-order valence-electron chi connectivity index (χ4n) is 4.15. The van der Waals surface area contributed by atoms with Crippen LogP contribution in [-0.2, 0) is 19.5 Å². The molecule has 122 valence electrons. The second kappa shape index (κ2) is 6.08. The summed E-state index contributed by atoms with van der Waals surface area (Å²) in [6.45, 7) is 8.89. The molecule has 2 aliphatic heterocycles. The Morgan fingerprint density at radius 3 is 2.91 bits per heavy atom. The van der Waals surface area contributed by atoms with Crippen molar-refractivity contribution < 1.29 is 0 Å². The second-order valence-corrected chi connectivity index (χ2v) is 7.23. The van der Waals surface area contributed by atoms with E-state index in [9.17, 15) is 0 Å². The molecule has 4 nitrogen and oxygen atoms in total. The fourth-order valence-corrected chi connectivity index (χ4v) is 4.15. The van der Waals surface area contributed by atoms with Crippen molar-refractivity contribution >= 4 is 0 Å². The van der Waals surface area contributed by atoms with Crippen molar-refractivity contribution in [3.8, 4) is 0 Å². The molecule has 2 aliphatic rings. The third kappa shape index (κ3) is 2.92. The number of nitrogens with zero attached hydrogens (tertiary/aromatic N) is 4. The summed E-state index contributed by atoms with van der Waals surface area (Å²) < 4.78 is 2.38. The smallest absolute Gasteiger partial charge is 0.137 e. The fraction of sp³-hybridized carbons (Fsp3) is 0.579. The lowest BCUT2D eigenvalue weighted by Crippen LogP contribution is -2.35. The highest BCUT2D eigenvalue weighted by atomic mass is 15.3. The summed E-state index contributed by atoms with van der Waals surface area (Å²) in [6, 6.07) is 6.82. The highest BCUT2D eigenvalue weighted by Gasteiger charge is 2.28. The summed E-state index contributed by atoms with van der Waals surface area (Å²) in [6.07, 6.45) is 4.85. The number of aromatic nitrogens is 3. The van der Waals surface area contributed by atoms with E-state index in [1.165, 1.54) is 54.1 Å². The Balaban J connectivity index is 1.48. The molecule has 4 heteroatoms. The van der Waals surface area contributed by atoms with Crippen LogP contribution in [-0.4, -0.2) is 32.8 Å². The average molecular weight is 310 g/mol. The molecule has 3 heterocycles. The Hall–Kier alpha value is -1.68. The van der Waals surface area contributed by atoms with Crippen molar-refractivity contribution in [2.45, 2.75) is 58.5 Å². The van der Waals surface area contributed by atoms with Crippen LogP contribution >= 0.6 is 0 Å². The third-order valence-corrected chi connectivity index (χ3v) is 5.40. The molecule has 0 N–H and O–H groups in total. The SMILES string of the molecule is Cc1ccc(CN2CCC[C@@H](c3nnc4n3CCC4)C2)c(C)c1. The van der Waals surface area contributed by atoms with Gasteiger partial charge in [0, 0.05) is 32.0 Å². The van der Waals surface area contributed by atoms with Gasteiger partial charge < -0.3 is 4.57 Å². The van der Waals surface area contributed by atoms with Crippen LogP contribution < -0.4 is 0 Å². The molecule has 0 spiro atoms. The quantitative estimate of drug-likeness (QED) is 0.873. The lowest BCUT2D eigenvalue weighted by atomic mass is 9.96. The van der Waals surface area contributed by atoms with Gasteiger partial charge in [-0.15, -0.1) is 10.2 Å². The molecule has 1 atom stereocenters. The summed E-state index contributed by atoms with van der Waals surface area (Å²) in [5.41, 5.74) is 4.22. The first-order valence-electron chi connectivity index (χ1n) is 8.91. The molecule has 1 aromatic heterocycles. The van der Waals surface area contributed by atoms with Crippen molar-refractivity contribution in [3.05, 3.63) is 46.5 Å². The number of aryl methyl sites for hydroxylation is 3. The highest BCUT2D eigenvalue weighted by molar-refractivity contribution is 5.30. The number of rotatable bonds is 3.